The van der Waals surface area contributed by atoms with Gasteiger partial charge in [-0.2, -0.15) is 0 Å². The molecule has 0 saturated heterocycles. The first-order chi connectivity index (χ1) is 17.9. The number of hydrogen-bond acceptors (Lipinski definition) is 3. The molecule has 0 atom stereocenters. The fourth-order valence-corrected chi connectivity index (χ4v) is 4.66. The molecule has 0 fully saturated rings. The molecular weight excluding hydrogens is 438 g/mol. The number of pyridine rings is 1. The lowest BCUT2D eigenvalue weighted by atomic mass is 9.89. The van der Waals surface area contributed by atoms with Crippen molar-refractivity contribution in [2.24, 2.45) is 0 Å². The van der Waals surface area contributed by atoms with Gasteiger partial charge >= 0.3 is 0 Å². The van der Waals surface area contributed by atoms with Crippen molar-refractivity contribution < 1.29 is 0 Å². The highest BCUT2D eigenvalue weighted by Crippen LogP contribution is 2.32. The molecule has 0 unspecified atom stereocenters. The highest BCUT2D eigenvalue weighted by Gasteiger charge is 2.13. The molecule has 0 aliphatic rings. The fourth-order valence-electron chi connectivity index (χ4n) is 4.66. The molecule has 5 aromatic rings. The molecule has 1 aromatic heterocycles. The van der Waals surface area contributed by atoms with E-state index in [1.165, 1.54) is 44.2 Å². The summed E-state index contributed by atoms with van der Waals surface area (Å²) in [6.07, 6.45) is 3.79. The zero-order valence-corrected chi connectivity index (χ0v) is 20.4. The maximum absolute atomic E-state index is 4.24. The van der Waals surface area contributed by atoms with Crippen LogP contribution in [0.4, 0.5) is 0 Å². The average Bonchev–Trinajstić information content (AvgIpc) is 2.96. The Morgan fingerprint density at radius 3 is 1.86 bits per heavy atom. The maximum atomic E-state index is 4.24. The average molecular weight is 470 g/mol. The number of fused-ring (bicyclic) bond motifs is 1. The number of benzene rings is 4. The molecule has 0 aliphatic carbocycles. The zero-order chi connectivity index (χ0) is 24.4. The summed E-state index contributed by atoms with van der Waals surface area (Å²) in [5, 5.41) is 9.74. The van der Waals surface area contributed by atoms with E-state index in [2.05, 4.69) is 131 Å². The van der Waals surface area contributed by atoms with E-state index >= 15 is 0 Å². The molecule has 36 heavy (non-hydrogen) atoms. The van der Waals surface area contributed by atoms with Gasteiger partial charge in [0.2, 0.25) is 0 Å². The first-order valence-electron chi connectivity index (χ1n) is 12.5. The predicted octanol–water partition coefficient (Wildman–Crippen LogP) is 6.57. The molecule has 0 aliphatic heterocycles. The Balaban J connectivity index is 1.32. The van der Waals surface area contributed by atoms with E-state index in [9.17, 15) is 0 Å². The molecular formula is C33H31N3. The molecule has 5 rings (SSSR count). The number of rotatable bonds is 10. The summed E-state index contributed by atoms with van der Waals surface area (Å²) in [6.45, 7) is 3.38. The van der Waals surface area contributed by atoms with Crippen LogP contribution in [0, 0.1) is 0 Å². The molecule has 2 N–H and O–H groups in total. The summed E-state index contributed by atoms with van der Waals surface area (Å²) in [6, 6.07) is 40.6. The summed E-state index contributed by atoms with van der Waals surface area (Å²) in [4.78, 5) is 4.24. The standard InChI is InChI=1S/C33H31N3/c1-4-11-26(12-5-1)32(33(27-13-6-2-7-14-27)28-15-8-3-9-16-28)25-36-22-21-35-24-30-18-10-17-29-23-34-20-19-31(29)30/h1-20,23,35-36H,21-22,24-25H2. The molecule has 3 nitrogen and oxygen atoms in total. The van der Waals surface area contributed by atoms with Crippen LogP contribution in [0.2, 0.25) is 0 Å². The second-order valence-electron chi connectivity index (χ2n) is 8.82. The molecule has 0 spiro atoms. The Kier molecular flexibility index (Phi) is 7.94. The van der Waals surface area contributed by atoms with Gasteiger partial charge in [-0.3, -0.25) is 4.98 Å². The van der Waals surface area contributed by atoms with Crippen LogP contribution >= 0.6 is 0 Å². The Hall–Kier alpha value is -4.05. The summed E-state index contributed by atoms with van der Waals surface area (Å²) in [7, 11) is 0. The van der Waals surface area contributed by atoms with Crippen LogP contribution in [-0.4, -0.2) is 24.6 Å². The van der Waals surface area contributed by atoms with E-state index in [4.69, 9.17) is 0 Å². The quantitative estimate of drug-likeness (QED) is 0.179. The van der Waals surface area contributed by atoms with Crippen LogP contribution in [0.5, 0.6) is 0 Å². The van der Waals surface area contributed by atoms with Crippen LogP contribution in [-0.2, 0) is 6.54 Å². The smallest absolute Gasteiger partial charge is 0.0346 e. The van der Waals surface area contributed by atoms with Crippen LogP contribution in [0.1, 0.15) is 22.3 Å². The van der Waals surface area contributed by atoms with Gasteiger partial charge in [0.25, 0.3) is 0 Å². The van der Waals surface area contributed by atoms with Gasteiger partial charge in [-0.15, -0.1) is 0 Å². The van der Waals surface area contributed by atoms with Gasteiger partial charge < -0.3 is 10.6 Å². The van der Waals surface area contributed by atoms with E-state index in [1.54, 1.807) is 0 Å². The largest absolute Gasteiger partial charge is 0.311 e. The lowest BCUT2D eigenvalue weighted by Gasteiger charge is -2.18. The third kappa shape index (κ3) is 5.77. The van der Waals surface area contributed by atoms with Crippen LogP contribution in [0.3, 0.4) is 0 Å². The number of nitrogens with one attached hydrogen (secondary N) is 2. The van der Waals surface area contributed by atoms with Crippen molar-refractivity contribution in [3.63, 3.8) is 0 Å². The summed E-state index contributed by atoms with van der Waals surface area (Å²) < 4.78 is 0. The van der Waals surface area contributed by atoms with Gasteiger partial charge in [0, 0.05) is 44.0 Å². The predicted molar refractivity (Wildman–Crippen MR) is 152 cm³/mol. The van der Waals surface area contributed by atoms with Crippen LogP contribution in [0.15, 0.2) is 128 Å². The van der Waals surface area contributed by atoms with Crippen molar-refractivity contribution in [3.05, 3.63) is 150 Å². The lowest BCUT2D eigenvalue weighted by molar-refractivity contribution is 0.639. The highest BCUT2D eigenvalue weighted by atomic mass is 14.9. The molecule has 0 saturated carbocycles. The van der Waals surface area contributed by atoms with Crippen LogP contribution < -0.4 is 10.6 Å². The van der Waals surface area contributed by atoms with E-state index < -0.39 is 0 Å². The Labute approximate surface area is 213 Å². The van der Waals surface area contributed by atoms with Gasteiger partial charge in [-0.25, -0.2) is 0 Å². The van der Waals surface area contributed by atoms with Gasteiger partial charge in [0.15, 0.2) is 0 Å². The molecule has 3 heteroatoms. The second-order valence-corrected chi connectivity index (χ2v) is 8.82. The van der Waals surface area contributed by atoms with Crippen molar-refractivity contribution in [1.82, 2.24) is 15.6 Å². The third-order valence-electron chi connectivity index (χ3n) is 6.42. The number of nitrogens with zero attached hydrogens (tertiary/aromatic N) is 1. The summed E-state index contributed by atoms with van der Waals surface area (Å²) >= 11 is 0. The van der Waals surface area contributed by atoms with Gasteiger partial charge in [-0.05, 0) is 44.9 Å². The maximum Gasteiger partial charge on any atom is 0.0346 e. The van der Waals surface area contributed by atoms with Crippen molar-refractivity contribution >= 4 is 21.9 Å². The zero-order valence-electron chi connectivity index (χ0n) is 20.4. The monoisotopic (exact) mass is 469 g/mol. The Bertz CT molecular complexity index is 1360. The molecule has 4 aromatic carbocycles. The highest BCUT2D eigenvalue weighted by molar-refractivity contribution is 5.99. The SMILES string of the molecule is c1ccc(C(CNCCNCc2cccc3cnccc23)=C(c2ccccc2)c2ccccc2)cc1. The van der Waals surface area contributed by atoms with E-state index in [0.717, 1.165) is 26.2 Å². The Morgan fingerprint density at radius 2 is 1.19 bits per heavy atom. The molecule has 0 radical (unpaired) electrons. The summed E-state index contributed by atoms with van der Waals surface area (Å²) in [5.74, 6) is 0. The Morgan fingerprint density at radius 1 is 0.583 bits per heavy atom. The summed E-state index contributed by atoms with van der Waals surface area (Å²) in [5.41, 5.74) is 7.57. The first-order valence-corrected chi connectivity index (χ1v) is 12.5. The van der Waals surface area contributed by atoms with E-state index in [-0.39, 0.29) is 0 Å². The van der Waals surface area contributed by atoms with Gasteiger partial charge in [0.1, 0.15) is 0 Å². The minimum atomic E-state index is 0.782. The van der Waals surface area contributed by atoms with Crippen molar-refractivity contribution in [3.8, 4) is 0 Å². The van der Waals surface area contributed by atoms with Crippen molar-refractivity contribution in [1.29, 1.82) is 0 Å². The van der Waals surface area contributed by atoms with Gasteiger partial charge in [0.05, 0.1) is 0 Å². The molecule has 0 bridgehead atoms. The molecule has 178 valence electrons. The topological polar surface area (TPSA) is 37.0 Å². The lowest BCUT2D eigenvalue weighted by Crippen LogP contribution is -2.28. The number of hydrogen-bond donors (Lipinski definition) is 2. The fraction of sp³-hybridized carbons (Fsp3) is 0.121. The van der Waals surface area contributed by atoms with Crippen LogP contribution in [0.25, 0.3) is 21.9 Å². The van der Waals surface area contributed by atoms with Gasteiger partial charge in [-0.1, -0.05) is 109 Å². The first kappa shape index (κ1) is 23.7. The van der Waals surface area contributed by atoms with E-state index in [1.807, 2.05) is 12.4 Å². The van der Waals surface area contributed by atoms with Crippen molar-refractivity contribution in [2.45, 2.75) is 6.54 Å². The minimum Gasteiger partial charge on any atom is -0.311 e. The van der Waals surface area contributed by atoms with E-state index in [0.29, 0.717) is 0 Å². The van der Waals surface area contributed by atoms with Crippen molar-refractivity contribution in [2.75, 3.05) is 19.6 Å². The molecule has 1 heterocycles. The second kappa shape index (κ2) is 12.1. The normalized spacial score (nSPS) is 10.9. The minimum absolute atomic E-state index is 0.782. The molecule has 0 amide bonds. The third-order valence-corrected chi connectivity index (χ3v) is 6.42. The number of aromatic nitrogens is 1.